The zero-order valence-corrected chi connectivity index (χ0v) is 18.6. The van der Waals surface area contributed by atoms with E-state index in [0.717, 1.165) is 12.1 Å². The fourth-order valence-electron chi connectivity index (χ4n) is 4.05. The molecule has 176 valence electrons. The van der Waals surface area contributed by atoms with Gasteiger partial charge in [-0.2, -0.15) is 4.98 Å². The molecule has 5 N–H and O–H groups in total. The van der Waals surface area contributed by atoms with Crippen LogP contribution < -0.4 is 16.4 Å². The van der Waals surface area contributed by atoms with Crippen LogP contribution in [0.4, 0.5) is 26.4 Å². The summed E-state index contributed by atoms with van der Waals surface area (Å²) in [7, 11) is 0. The molecule has 1 fully saturated rings. The van der Waals surface area contributed by atoms with Crippen molar-refractivity contribution >= 4 is 46.3 Å². The lowest BCUT2D eigenvalue weighted by Gasteiger charge is -2.29. The molecule has 3 aromatic rings. The number of aromatic nitrogens is 4. The lowest BCUT2D eigenvalue weighted by Crippen LogP contribution is -2.29. The molecule has 4 rings (SSSR count). The molecule has 0 bridgehead atoms. The Kier molecular flexibility index (Phi) is 6.61. The number of hydrogen-bond donors (Lipinski definition) is 4. The highest BCUT2D eigenvalue weighted by atomic mass is 35.5. The zero-order valence-electron chi connectivity index (χ0n) is 17.9. The topological polar surface area (TPSA) is 131 Å². The minimum Gasteiger partial charge on any atom is -0.394 e. The van der Waals surface area contributed by atoms with Gasteiger partial charge in [-0.1, -0.05) is 11.6 Å². The van der Waals surface area contributed by atoms with Gasteiger partial charge in [-0.15, -0.1) is 0 Å². The standard InChI is InChI=1S/C21H24ClF2N7O2/c1-10(9-32)27-20-26-8-16-19(30-20)31(13-4-2-11(3-5-13)18(25)33)21(28-16)29-17-14(22)6-12(23)7-15(17)24/h6-8,10-11,13,32H,2-5,9H2,1H3,(H2,25,33)(H,28,29)(H,26,27,30)/t10-,11-,13-/m1/s1. The van der Waals surface area contributed by atoms with Crippen molar-refractivity contribution in [3.8, 4) is 0 Å². The Morgan fingerprint density at radius 2 is 2.03 bits per heavy atom. The van der Waals surface area contributed by atoms with Crippen LogP contribution >= 0.6 is 11.6 Å². The second kappa shape index (κ2) is 9.44. The summed E-state index contributed by atoms with van der Waals surface area (Å²) in [4.78, 5) is 24.9. The van der Waals surface area contributed by atoms with Gasteiger partial charge in [0.2, 0.25) is 17.8 Å². The molecule has 0 spiro atoms. The maximum absolute atomic E-state index is 14.5. The number of carbonyl (C=O) groups is 1. The van der Waals surface area contributed by atoms with Crippen molar-refractivity contribution in [3.05, 3.63) is 35.0 Å². The first-order valence-corrected chi connectivity index (χ1v) is 11.0. The molecule has 1 aliphatic rings. The number of primary amides is 1. The minimum atomic E-state index is -0.860. The number of nitrogens with one attached hydrogen (secondary N) is 2. The first kappa shape index (κ1) is 23.1. The van der Waals surface area contributed by atoms with Gasteiger partial charge in [0.25, 0.3) is 0 Å². The average molecular weight is 480 g/mol. The molecule has 2 heterocycles. The average Bonchev–Trinajstić information content (AvgIpc) is 3.13. The van der Waals surface area contributed by atoms with Crippen molar-refractivity contribution in [1.29, 1.82) is 0 Å². The van der Waals surface area contributed by atoms with Gasteiger partial charge in [-0.3, -0.25) is 9.36 Å². The highest BCUT2D eigenvalue weighted by Crippen LogP contribution is 2.38. The third kappa shape index (κ3) is 4.83. The van der Waals surface area contributed by atoms with Crippen molar-refractivity contribution in [2.75, 3.05) is 17.2 Å². The third-order valence-electron chi connectivity index (χ3n) is 5.79. The van der Waals surface area contributed by atoms with E-state index >= 15 is 0 Å². The first-order valence-electron chi connectivity index (χ1n) is 10.6. The molecule has 0 aliphatic heterocycles. The van der Waals surface area contributed by atoms with E-state index in [4.69, 9.17) is 17.3 Å². The van der Waals surface area contributed by atoms with Crippen LogP contribution in [0.3, 0.4) is 0 Å². The number of amides is 1. The van der Waals surface area contributed by atoms with Gasteiger partial charge in [0, 0.05) is 24.1 Å². The van der Waals surface area contributed by atoms with Crippen LogP contribution in [-0.2, 0) is 4.79 Å². The molecule has 1 atom stereocenters. The maximum Gasteiger partial charge on any atom is 0.225 e. The Morgan fingerprint density at radius 3 is 2.67 bits per heavy atom. The smallest absolute Gasteiger partial charge is 0.225 e. The summed E-state index contributed by atoms with van der Waals surface area (Å²) in [6.45, 7) is 1.68. The molecule has 33 heavy (non-hydrogen) atoms. The molecule has 9 nitrogen and oxygen atoms in total. The van der Waals surface area contributed by atoms with Gasteiger partial charge in [0.15, 0.2) is 11.5 Å². The Bertz CT molecular complexity index is 1160. The van der Waals surface area contributed by atoms with Crippen LogP contribution in [0.25, 0.3) is 11.2 Å². The Hall–Kier alpha value is -3.05. The number of hydrogen-bond acceptors (Lipinski definition) is 7. The summed E-state index contributed by atoms with van der Waals surface area (Å²) in [6, 6.07) is 1.37. The number of rotatable bonds is 7. The van der Waals surface area contributed by atoms with Gasteiger partial charge in [0.1, 0.15) is 11.3 Å². The number of nitrogens with zero attached hydrogens (tertiary/aromatic N) is 4. The Balaban J connectivity index is 1.77. The van der Waals surface area contributed by atoms with Crippen molar-refractivity contribution in [3.63, 3.8) is 0 Å². The van der Waals surface area contributed by atoms with Crippen LogP contribution in [0.5, 0.6) is 0 Å². The van der Waals surface area contributed by atoms with Crippen LogP contribution in [-0.4, -0.2) is 43.2 Å². The monoisotopic (exact) mass is 479 g/mol. The predicted octanol–water partition coefficient (Wildman–Crippen LogP) is 3.51. The number of anilines is 3. The summed E-state index contributed by atoms with van der Waals surface area (Å²) < 4.78 is 29.8. The molecule has 1 saturated carbocycles. The number of fused-ring (bicyclic) bond motifs is 1. The highest BCUT2D eigenvalue weighted by molar-refractivity contribution is 6.33. The largest absolute Gasteiger partial charge is 0.394 e. The van der Waals surface area contributed by atoms with E-state index in [0.29, 0.717) is 42.8 Å². The Labute approximate surface area is 193 Å². The summed E-state index contributed by atoms with van der Waals surface area (Å²) in [5.41, 5.74) is 6.30. The van der Waals surface area contributed by atoms with Gasteiger partial charge >= 0.3 is 0 Å². The van der Waals surface area contributed by atoms with Gasteiger partial charge in [0.05, 0.1) is 23.5 Å². The molecule has 0 unspecified atom stereocenters. The number of aliphatic hydroxyl groups is 1. The molecular formula is C21H24ClF2N7O2. The summed E-state index contributed by atoms with van der Waals surface area (Å²) in [5.74, 6) is -1.61. The first-order chi connectivity index (χ1) is 15.8. The molecule has 0 saturated heterocycles. The van der Waals surface area contributed by atoms with Crippen molar-refractivity contribution in [2.24, 2.45) is 11.7 Å². The maximum atomic E-state index is 14.5. The Morgan fingerprint density at radius 1 is 1.30 bits per heavy atom. The summed E-state index contributed by atoms with van der Waals surface area (Å²) >= 11 is 6.08. The molecule has 1 amide bonds. The van der Waals surface area contributed by atoms with E-state index < -0.39 is 11.6 Å². The van der Waals surface area contributed by atoms with E-state index in [1.165, 1.54) is 6.20 Å². The molecule has 2 aromatic heterocycles. The number of imidazole rings is 1. The number of benzene rings is 1. The van der Waals surface area contributed by atoms with Gasteiger partial charge in [-0.05, 0) is 38.7 Å². The fourth-order valence-corrected chi connectivity index (χ4v) is 4.29. The lowest BCUT2D eigenvalue weighted by molar-refractivity contribution is -0.122. The second-order valence-electron chi connectivity index (χ2n) is 8.21. The molecule has 12 heteroatoms. The number of halogens is 3. The van der Waals surface area contributed by atoms with E-state index in [-0.39, 0.29) is 47.2 Å². The molecular weight excluding hydrogens is 456 g/mol. The van der Waals surface area contributed by atoms with Gasteiger partial charge in [-0.25, -0.2) is 18.7 Å². The van der Waals surface area contributed by atoms with Crippen LogP contribution in [0.1, 0.15) is 38.6 Å². The van der Waals surface area contributed by atoms with E-state index in [2.05, 4.69) is 25.6 Å². The van der Waals surface area contributed by atoms with Crippen molar-refractivity contribution in [2.45, 2.75) is 44.7 Å². The highest BCUT2D eigenvalue weighted by Gasteiger charge is 2.29. The quantitative estimate of drug-likeness (QED) is 0.407. The summed E-state index contributed by atoms with van der Waals surface area (Å²) in [5, 5.41) is 15.1. The third-order valence-corrected chi connectivity index (χ3v) is 6.09. The summed E-state index contributed by atoms with van der Waals surface area (Å²) in [6.07, 6.45) is 3.99. The van der Waals surface area contributed by atoms with E-state index in [1.54, 1.807) is 6.92 Å². The van der Waals surface area contributed by atoms with Gasteiger partial charge < -0.3 is 21.5 Å². The van der Waals surface area contributed by atoms with Crippen LogP contribution in [0, 0.1) is 17.6 Å². The minimum absolute atomic E-state index is 0.103. The number of aliphatic hydroxyl groups excluding tert-OH is 1. The van der Waals surface area contributed by atoms with E-state index in [9.17, 15) is 18.7 Å². The molecule has 1 aromatic carbocycles. The van der Waals surface area contributed by atoms with Crippen molar-refractivity contribution < 1.29 is 18.7 Å². The zero-order chi connectivity index (χ0) is 23.7. The van der Waals surface area contributed by atoms with E-state index in [1.807, 2.05) is 4.57 Å². The second-order valence-corrected chi connectivity index (χ2v) is 8.62. The molecule has 0 radical (unpaired) electrons. The molecule has 1 aliphatic carbocycles. The van der Waals surface area contributed by atoms with Crippen LogP contribution in [0.2, 0.25) is 5.02 Å². The predicted molar refractivity (Wildman–Crippen MR) is 120 cm³/mol. The van der Waals surface area contributed by atoms with Crippen LogP contribution in [0.15, 0.2) is 18.3 Å². The van der Waals surface area contributed by atoms with Crippen molar-refractivity contribution in [1.82, 2.24) is 19.5 Å². The number of carbonyl (C=O) groups excluding carboxylic acids is 1. The lowest BCUT2D eigenvalue weighted by atomic mass is 9.85. The SMILES string of the molecule is C[C@H](CO)Nc1ncc2nc(Nc3c(F)cc(F)cc3Cl)n([C@H]3CC[C@H](C(N)=O)CC3)c2n1. The fraction of sp³-hybridized carbons (Fsp3) is 0.429. The normalized spacial score (nSPS) is 19.4. The number of nitrogens with two attached hydrogens (primary N) is 1.